The number of amides is 1. The molecule has 2 aromatic heterocycles. The van der Waals surface area contributed by atoms with Crippen LogP contribution in [0.25, 0.3) is 10.2 Å². The summed E-state index contributed by atoms with van der Waals surface area (Å²) >= 11 is 1.64. The first-order valence-corrected chi connectivity index (χ1v) is 6.94. The van der Waals surface area contributed by atoms with Gasteiger partial charge in [0, 0.05) is 18.1 Å². The van der Waals surface area contributed by atoms with Gasteiger partial charge >= 0.3 is 0 Å². The van der Waals surface area contributed by atoms with Gasteiger partial charge in [-0.2, -0.15) is 0 Å². The molecule has 0 atom stereocenters. The molecule has 1 N–H and O–H groups in total. The molecular weight excluding hydrogens is 256 g/mol. The largest absolute Gasteiger partial charge is 0.331 e. The number of para-hydroxylation sites is 1. The Morgan fingerprint density at radius 1 is 1.26 bits per heavy atom. The Bertz CT molecular complexity index is 754. The second kappa shape index (κ2) is 4.55. The molecule has 0 aliphatic carbocycles. The monoisotopic (exact) mass is 270 g/mol. The molecule has 4 heteroatoms. The van der Waals surface area contributed by atoms with E-state index in [-0.39, 0.29) is 5.91 Å². The van der Waals surface area contributed by atoms with Gasteiger partial charge in [0.15, 0.2) is 0 Å². The van der Waals surface area contributed by atoms with Crippen molar-refractivity contribution in [2.24, 2.45) is 7.05 Å². The molecule has 0 aliphatic rings. The zero-order valence-corrected chi connectivity index (χ0v) is 11.6. The zero-order chi connectivity index (χ0) is 13.4. The number of carbonyl (C=O) groups is 1. The van der Waals surface area contributed by atoms with Gasteiger partial charge in [0.05, 0.1) is 0 Å². The Morgan fingerprint density at radius 2 is 2.05 bits per heavy atom. The van der Waals surface area contributed by atoms with E-state index in [0.29, 0.717) is 5.69 Å². The van der Waals surface area contributed by atoms with Gasteiger partial charge in [0.25, 0.3) is 5.91 Å². The lowest BCUT2D eigenvalue weighted by Crippen LogP contribution is -2.16. The van der Waals surface area contributed by atoms with Crippen molar-refractivity contribution in [1.82, 2.24) is 4.57 Å². The number of thiophene rings is 1. The minimum absolute atomic E-state index is 0.0693. The minimum atomic E-state index is -0.0693. The summed E-state index contributed by atoms with van der Waals surface area (Å²) in [5.74, 6) is -0.0693. The molecule has 1 aromatic carbocycles. The standard InChI is InChI=1S/C15H14N2OS/c1-10-5-3-4-6-12(10)16-14(18)13-9-11-7-8-19-15(11)17(13)2/h3-9H,1-2H3,(H,16,18). The van der Waals surface area contributed by atoms with Crippen LogP contribution in [0.4, 0.5) is 5.69 Å². The normalized spacial score (nSPS) is 10.8. The highest BCUT2D eigenvalue weighted by Crippen LogP contribution is 2.25. The van der Waals surface area contributed by atoms with E-state index >= 15 is 0 Å². The van der Waals surface area contributed by atoms with E-state index in [9.17, 15) is 4.79 Å². The fourth-order valence-electron chi connectivity index (χ4n) is 2.16. The van der Waals surface area contributed by atoms with Gasteiger partial charge < -0.3 is 9.88 Å². The number of hydrogen-bond acceptors (Lipinski definition) is 2. The summed E-state index contributed by atoms with van der Waals surface area (Å²) < 4.78 is 1.94. The Morgan fingerprint density at radius 3 is 2.79 bits per heavy atom. The third kappa shape index (κ3) is 2.04. The van der Waals surface area contributed by atoms with Crippen LogP contribution < -0.4 is 5.32 Å². The van der Waals surface area contributed by atoms with Gasteiger partial charge in [0.1, 0.15) is 10.5 Å². The van der Waals surface area contributed by atoms with Gasteiger partial charge in [-0.25, -0.2) is 0 Å². The van der Waals surface area contributed by atoms with Crippen LogP contribution >= 0.6 is 11.3 Å². The summed E-state index contributed by atoms with van der Waals surface area (Å²) in [7, 11) is 1.92. The molecule has 3 rings (SSSR count). The molecule has 2 heterocycles. The number of nitrogens with zero attached hydrogens (tertiary/aromatic N) is 1. The summed E-state index contributed by atoms with van der Waals surface area (Å²) in [5.41, 5.74) is 2.61. The highest BCUT2D eigenvalue weighted by Gasteiger charge is 2.14. The molecule has 0 unspecified atom stereocenters. The first kappa shape index (κ1) is 12.0. The third-order valence-corrected chi connectivity index (χ3v) is 4.26. The van der Waals surface area contributed by atoms with Crippen molar-refractivity contribution in [2.75, 3.05) is 5.32 Å². The molecule has 0 spiro atoms. The number of aryl methyl sites for hydroxylation is 2. The van der Waals surface area contributed by atoms with Crippen LogP contribution in [0.5, 0.6) is 0 Å². The highest BCUT2D eigenvalue weighted by molar-refractivity contribution is 7.16. The Hall–Kier alpha value is -2.07. The number of benzene rings is 1. The molecule has 3 nitrogen and oxygen atoms in total. The van der Waals surface area contributed by atoms with Crippen LogP contribution in [-0.2, 0) is 7.05 Å². The fourth-order valence-corrected chi connectivity index (χ4v) is 3.03. The average Bonchev–Trinajstić information content (AvgIpc) is 2.96. The lowest BCUT2D eigenvalue weighted by molar-refractivity contribution is 0.101. The first-order valence-electron chi connectivity index (χ1n) is 6.07. The Balaban J connectivity index is 1.94. The molecule has 0 aliphatic heterocycles. The predicted octanol–water partition coefficient (Wildman–Crippen LogP) is 3.80. The molecule has 0 saturated carbocycles. The molecule has 0 bridgehead atoms. The second-order valence-electron chi connectivity index (χ2n) is 4.54. The average molecular weight is 270 g/mol. The van der Waals surface area contributed by atoms with Crippen molar-refractivity contribution in [3.63, 3.8) is 0 Å². The number of nitrogens with one attached hydrogen (secondary N) is 1. The smallest absolute Gasteiger partial charge is 0.272 e. The quantitative estimate of drug-likeness (QED) is 0.755. The van der Waals surface area contributed by atoms with E-state index in [0.717, 1.165) is 21.5 Å². The van der Waals surface area contributed by atoms with E-state index in [1.165, 1.54) is 0 Å². The van der Waals surface area contributed by atoms with Crippen molar-refractivity contribution in [3.05, 3.63) is 53.0 Å². The zero-order valence-electron chi connectivity index (χ0n) is 10.8. The van der Waals surface area contributed by atoms with Crippen molar-refractivity contribution in [1.29, 1.82) is 0 Å². The van der Waals surface area contributed by atoms with E-state index in [2.05, 4.69) is 5.32 Å². The molecule has 0 saturated heterocycles. The predicted molar refractivity (Wildman–Crippen MR) is 79.9 cm³/mol. The van der Waals surface area contributed by atoms with Crippen LogP contribution in [0.15, 0.2) is 41.8 Å². The molecule has 3 aromatic rings. The van der Waals surface area contributed by atoms with E-state index in [1.807, 2.05) is 60.3 Å². The molecule has 0 fully saturated rings. The summed E-state index contributed by atoms with van der Waals surface area (Å²) in [4.78, 5) is 13.4. The first-order chi connectivity index (χ1) is 9.16. The second-order valence-corrected chi connectivity index (χ2v) is 5.43. The van der Waals surface area contributed by atoms with Crippen LogP contribution in [0.3, 0.4) is 0 Å². The summed E-state index contributed by atoms with van der Waals surface area (Å²) in [6.45, 7) is 1.99. The van der Waals surface area contributed by atoms with E-state index in [1.54, 1.807) is 11.3 Å². The highest BCUT2D eigenvalue weighted by atomic mass is 32.1. The van der Waals surface area contributed by atoms with Gasteiger partial charge in [0.2, 0.25) is 0 Å². The van der Waals surface area contributed by atoms with Crippen LogP contribution in [0.1, 0.15) is 16.1 Å². The summed E-state index contributed by atoms with van der Waals surface area (Å²) in [6, 6.07) is 11.7. The molecule has 19 heavy (non-hydrogen) atoms. The number of aromatic nitrogens is 1. The molecule has 96 valence electrons. The van der Waals surface area contributed by atoms with Crippen molar-refractivity contribution in [2.45, 2.75) is 6.92 Å². The van der Waals surface area contributed by atoms with Gasteiger partial charge in [-0.05, 0) is 36.1 Å². The van der Waals surface area contributed by atoms with Crippen LogP contribution in [0, 0.1) is 6.92 Å². The maximum atomic E-state index is 12.3. The van der Waals surface area contributed by atoms with Gasteiger partial charge in [-0.15, -0.1) is 11.3 Å². The van der Waals surface area contributed by atoms with Crippen LogP contribution in [-0.4, -0.2) is 10.5 Å². The maximum Gasteiger partial charge on any atom is 0.272 e. The van der Waals surface area contributed by atoms with Gasteiger partial charge in [-0.1, -0.05) is 18.2 Å². The molecule has 0 radical (unpaired) electrons. The van der Waals surface area contributed by atoms with Crippen LogP contribution in [0.2, 0.25) is 0 Å². The minimum Gasteiger partial charge on any atom is -0.331 e. The molecular formula is C15H14N2OS. The lowest BCUT2D eigenvalue weighted by atomic mass is 10.2. The lowest BCUT2D eigenvalue weighted by Gasteiger charge is -2.08. The van der Waals surface area contributed by atoms with E-state index < -0.39 is 0 Å². The molecule has 1 amide bonds. The Kier molecular flexibility index (Phi) is 2.87. The number of anilines is 1. The van der Waals surface area contributed by atoms with Crippen molar-refractivity contribution >= 4 is 33.1 Å². The SMILES string of the molecule is Cc1ccccc1NC(=O)c1cc2ccsc2n1C. The fraction of sp³-hybridized carbons (Fsp3) is 0.133. The van der Waals surface area contributed by atoms with Crippen molar-refractivity contribution in [3.8, 4) is 0 Å². The number of carbonyl (C=O) groups excluding carboxylic acids is 1. The topological polar surface area (TPSA) is 34.0 Å². The Labute approximate surface area is 115 Å². The number of hydrogen-bond donors (Lipinski definition) is 1. The summed E-state index contributed by atoms with van der Waals surface area (Å²) in [6.07, 6.45) is 0. The number of rotatable bonds is 2. The van der Waals surface area contributed by atoms with Gasteiger partial charge in [-0.3, -0.25) is 4.79 Å². The third-order valence-electron chi connectivity index (χ3n) is 3.26. The summed E-state index contributed by atoms with van der Waals surface area (Å²) in [5, 5.41) is 6.11. The number of fused-ring (bicyclic) bond motifs is 1. The van der Waals surface area contributed by atoms with Crippen molar-refractivity contribution < 1.29 is 4.79 Å². The maximum absolute atomic E-state index is 12.3. The van der Waals surface area contributed by atoms with E-state index in [4.69, 9.17) is 0 Å².